The Morgan fingerprint density at radius 3 is 2.28 bits per heavy atom. The first-order valence-corrected chi connectivity index (χ1v) is 11.0. The number of nitrogens with zero attached hydrogens (tertiary/aromatic N) is 1. The van der Waals surface area contributed by atoms with Gasteiger partial charge in [-0.15, -0.1) is 0 Å². The zero-order valence-electron chi connectivity index (χ0n) is 16.8. The van der Waals surface area contributed by atoms with Crippen molar-refractivity contribution >= 4 is 21.8 Å². The average Bonchev–Trinajstić information content (AvgIpc) is 2.65. The van der Waals surface area contributed by atoms with Gasteiger partial charge in [0.05, 0.1) is 4.90 Å². The highest BCUT2D eigenvalue weighted by atomic mass is 32.2. The lowest BCUT2D eigenvalue weighted by Crippen LogP contribution is -2.41. The summed E-state index contributed by atoms with van der Waals surface area (Å²) in [5, 5.41) is 11.7. The molecule has 158 valence electrons. The van der Waals surface area contributed by atoms with Crippen molar-refractivity contribution in [2.24, 2.45) is 5.92 Å². The zero-order chi connectivity index (χ0) is 21.4. The Labute approximate surface area is 172 Å². The van der Waals surface area contributed by atoms with E-state index in [4.69, 9.17) is 5.73 Å². The first-order chi connectivity index (χ1) is 13.7. The minimum atomic E-state index is -3.71. The smallest absolute Gasteiger partial charge is 0.404 e. The van der Waals surface area contributed by atoms with Crippen molar-refractivity contribution in [3.05, 3.63) is 60.2 Å². The molecule has 29 heavy (non-hydrogen) atoms. The summed E-state index contributed by atoms with van der Waals surface area (Å²) < 4.78 is 27.7. The number of anilines is 1. The molecule has 0 aliphatic heterocycles. The molecule has 0 radical (unpaired) electrons. The Morgan fingerprint density at radius 1 is 1.10 bits per heavy atom. The fourth-order valence-electron chi connectivity index (χ4n) is 3.10. The predicted octanol–water partition coefficient (Wildman–Crippen LogP) is 3.18. The van der Waals surface area contributed by atoms with Crippen LogP contribution in [0.25, 0.3) is 0 Å². The topological polar surface area (TPSA) is 113 Å². The van der Waals surface area contributed by atoms with Crippen LogP contribution in [0.3, 0.4) is 0 Å². The molecule has 1 amide bonds. The van der Waals surface area contributed by atoms with E-state index < -0.39 is 22.2 Å². The van der Waals surface area contributed by atoms with Gasteiger partial charge in [-0.3, -0.25) is 0 Å². The van der Waals surface area contributed by atoms with E-state index in [0.717, 1.165) is 5.56 Å². The number of hydrogen-bond acceptors (Lipinski definition) is 4. The number of sulfonamides is 1. The number of benzene rings is 2. The highest BCUT2D eigenvalue weighted by molar-refractivity contribution is 7.89. The van der Waals surface area contributed by atoms with Crippen LogP contribution in [0.15, 0.2) is 59.5 Å². The monoisotopic (exact) mass is 419 g/mol. The lowest BCUT2D eigenvalue weighted by Gasteiger charge is -2.26. The number of nitrogens with one attached hydrogen (secondary N) is 1. The summed E-state index contributed by atoms with van der Waals surface area (Å²) in [5.41, 5.74) is 7.15. The molecule has 0 aromatic heterocycles. The number of nitrogen functional groups attached to an aromatic ring is 1. The zero-order valence-corrected chi connectivity index (χ0v) is 17.6. The minimum Gasteiger partial charge on any atom is -0.465 e. The summed E-state index contributed by atoms with van der Waals surface area (Å²) in [6, 6.07) is 15.2. The van der Waals surface area contributed by atoms with Gasteiger partial charge in [0.25, 0.3) is 0 Å². The second-order valence-corrected chi connectivity index (χ2v) is 9.39. The predicted molar refractivity (Wildman–Crippen MR) is 114 cm³/mol. The van der Waals surface area contributed by atoms with Crippen molar-refractivity contribution in [2.45, 2.75) is 37.6 Å². The fraction of sp³-hybridized carbons (Fsp3) is 0.381. The van der Waals surface area contributed by atoms with Crippen molar-refractivity contribution in [3.8, 4) is 0 Å². The van der Waals surface area contributed by atoms with Crippen LogP contribution in [-0.4, -0.2) is 43.1 Å². The molecule has 0 aliphatic rings. The molecule has 2 rings (SSSR count). The number of nitrogens with two attached hydrogens (primary N) is 1. The molecule has 0 heterocycles. The number of carboxylic acid groups (broad SMARTS) is 1. The summed E-state index contributed by atoms with van der Waals surface area (Å²) in [6.45, 7) is 4.45. The van der Waals surface area contributed by atoms with E-state index in [1.54, 1.807) is 12.1 Å². The third kappa shape index (κ3) is 7.07. The summed E-state index contributed by atoms with van der Waals surface area (Å²) in [5.74, 6) is 0.124. The highest BCUT2D eigenvalue weighted by Crippen LogP contribution is 2.20. The Kier molecular flexibility index (Phi) is 8.04. The standard InChI is InChI=1S/C21H29N3O4S/c1-16(2)15-24(29(27,28)20-10-8-18(22)9-11-20)13-12-19(23-21(25)26)14-17-6-4-3-5-7-17/h3-11,16,19,23H,12-15,22H2,1-2H3,(H,25,26)/t19-/m0/s1. The van der Waals surface area contributed by atoms with Crippen LogP contribution in [-0.2, 0) is 16.4 Å². The lowest BCUT2D eigenvalue weighted by atomic mass is 10.0. The normalized spacial score (nSPS) is 12.8. The number of carbonyl (C=O) groups is 1. The molecule has 2 aromatic carbocycles. The van der Waals surface area contributed by atoms with E-state index in [-0.39, 0.29) is 17.4 Å². The van der Waals surface area contributed by atoms with Gasteiger partial charge in [-0.05, 0) is 48.6 Å². The molecule has 4 N–H and O–H groups in total. The molecule has 0 spiro atoms. The van der Waals surface area contributed by atoms with Crippen LogP contribution in [0.4, 0.5) is 10.5 Å². The van der Waals surface area contributed by atoms with Gasteiger partial charge in [-0.25, -0.2) is 13.2 Å². The second kappa shape index (κ2) is 10.3. The molecule has 0 saturated carbocycles. The maximum Gasteiger partial charge on any atom is 0.404 e. The van der Waals surface area contributed by atoms with Crippen molar-refractivity contribution in [2.75, 3.05) is 18.8 Å². The Balaban J connectivity index is 2.18. The molecular weight excluding hydrogens is 390 g/mol. The summed E-state index contributed by atoms with van der Waals surface area (Å²) in [6.07, 6.45) is -0.269. The maximum absolute atomic E-state index is 13.1. The molecule has 0 aliphatic carbocycles. The second-order valence-electron chi connectivity index (χ2n) is 7.45. The van der Waals surface area contributed by atoms with Crippen LogP contribution < -0.4 is 11.1 Å². The third-order valence-electron chi connectivity index (χ3n) is 4.47. The molecule has 7 nitrogen and oxygen atoms in total. The average molecular weight is 420 g/mol. The van der Waals surface area contributed by atoms with E-state index in [0.29, 0.717) is 25.1 Å². The van der Waals surface area contributed by atoms with Crippen LogP contribution in [0.5, 0.6) is 0 Å². The van der Waals surface area contributed by atoms with Gasteiger partial charge in [-0.2, -0.15) is 4.31 Å². The summed E-state index contributed by atoms with van der Waals surface area (Å²) in [7, 11) is -3.71. The van der Waals surface area contributed by atoms with Crippen LogP contribution >= 0.6 is 0 Å². The van der Waals surface area contributed by atoms with E-state index in [1.807, 2.05) is 44.2 Å². The van der Waals surface area contributed by atoms with E-state index in [1.165, 1.54) is 16.4 Å². The minimum absolute atomic E-state index is 0.124. The number of rotatable bonds is 10. The van der Waals surface area contributed by atoms with E-state index in [2.05, 4.69) is 5.32 Å². The van der Waals surface area contributed by atoms with Crippen LogP contribution in [0.2, 0.25) is 0 Å². The molecule has 1 atom stereocenters. The van der Waals surface area contributed by atoms with Gasteiger partial charge in [0.2, 0.25) is 10.0 Å². The summed E-state index contributed by atoms with van der Waals surface area (Å²) in [4.78, 5) is 11.4. The van der Waals surface area contributed by atoms with Crippen molar-refractivity contribution < 1.29 is 18.3 Å². The Bertz CT molecular complexity index is 884. The third-order valence-corrected chi connectivity index (χ3v) is 6.35. The maximum atomic E-state index is 13.1. The quantitative estimate of drug-likeness (QED) is 0.512. The molecule has 0 unspecified atom stereocenters. The first kappa shape index (κ1) is 22.7. The van der Waals surface area contributed by atoms with Crippen molar-refractivity contribution in [1.29, 1.82) is 0 Å². The van der Waals surface area contributed by atoms with Crippen molar-refractivity contribution in [3.63, 3.8) is 0 Å². The van der Waals surface area contributed by atoms with Gasteiger partial charge in [-0.1, -0.05) is 44.2 Å². The van der Waals surface area contributed by atoms with Gasteiger partial charge in [0.15, 0.2) is 0 Å². The first-order valence-electron chi connectivity index (χ1n) is 9.57. The number of amides is 1. The van der Waals surface area contributed by atoms with Gasteiger partial charge < -0.3 is 16.2 Å². The molecular formula is C21H29N3O4S. The Hall–Kier alpha value is -2.58. The summed E-state index contributed by atoms with van der Waals surface area (Å²) >= 11 is 0. The van der Waals surface area contributed by atoms with Crippen molar-refractivity contribution in [1.82, 2.24) is 9.62 Å². The van der Waals surface area contributed by atoms with Crippen LogP contribution in [0.1, 0.15) is 25.8 Å². The largest absolute Gasteiger partial charge is 0.465 e. The van der Waals surface area contributed by atoms with E-state index >= 15 is 0 Å². The molecule has 8 heteroatoms. The SMILES string of the molecule is CC(C)CN(CC[C@@H](Cc1ccccc1)NC(=O)O)S(=O)(=O)c1ccc(N)cc1. The molecule has 0 bridgehead atoms. The Morgan fingerprint density at radius 2 is 1.72 bits per heavy atom. The number of hydrogen-bond donors (Lipinski definition) is 3. The van der Waals surface area contributed by atoms with E-state index in [9.17, 15) is 18.3 Å². The van der Waals surface area contributed by atoms with Crippen LogP contribution in [0, 0.1) is 5.92 Å². The van der Waals surface area contributed by atoms with Gasteiger partial charge in [0, 0.05) is 24.8 Å². The van der Waals surface area contributed by atoms with Gasteiger partial charge >= 0.3 is 6.09 Å². The molecule has 0 fully saturated rings. The highest BCUT2D eigenvalue weighted by Gasteiger charge is 2.26. The molecule has 0 saturated heterocycles. The fourth-order valence-corrected chi connectivity index (χ4v) is 4.72. The lowest BCUT2D eigenvalue weighted by molar-refractivity contribution is 0.188. The molecule has 2 aromatic rings. The van der Waals surface area contributed by atoms with Gasteiger partial charge in [0.1, 0.15) is 0 Å².